The van der Waals surface area contributed by atoms with Crippen LogP contribution in [0.1, 0.15) is 12.8 Å². The Labute approximate surface area is 147 Å². The Bertz CT molecular complexity index is 909. The first-order valence-electron chi connectivity index (χ1n) is 8.60. The lowest BCUT2D eigenvalue weighted by atomic mass is 9.98. The molecule has 124 valence electrons. The predicted octanol–water partition coefficient (Wildman–Crippen LogP) is 4.77. The van der Waals surface area contributed by atoms with Crippen LogP contribution in [0.3, 0.4) is 0 Å². The number of para-hydroxylation sites is 1. The number of pyridine rings is 1. The lowest BCUT2D eigenvalue weighted by Crippen LogP contribution is -2.33. The van der Waals surface area contributed by atoms with E-state index < -0.39 is 0 Å². The zero-order chi connectivity index (χ0) is 17.1. The topological polar surface area (TPSA) is 49.2 Å². The molecule has 2 aromatic carbocycles. The molecule has 1 saturated heterocycles. The van der Waals surface area contributed by atoms with Crippen molar-refractivity contribution >= 4 is 16.6 Å². The minimum Gasteiger partial charge on any atom is -0.457 e. The highest BCUT2D eigenvalue weighted by atomic mass is 16.5. The Balaban J connectivity index is 1.66. The van der Waals surface area contributed by atoms with E-state index in [9.17, 15) is 0 Å². The fraction of sp³-hybridized carbons (Fsp3) is 0.238. The van der Waals surface area contributed by atoms with Gasteiger partial charge in [-0.25, -0.2) is 0 Å². The number of piperidine rings is 1. The molecule has 0 amide bonds. The van der Waals surface area contributed by atoms with Crippen molar-refractivity contribution in [3.8, 4) is 17.6 Å². The summed E-state index contributed by atoms with van der Waals surface area (Å²) in [4.78, 5) is 6.83. The molecule has 0 N–H and O–H groups in total. The quantitative estimate of drug-likeness (QED) is 0.694. The Hall–Kier alpha value is -3.06. The third kappa shape index (κ3) is 3.27. The molecule has 0 spiro atoms. The van der Waals surface area contributed by atoms with Crippen molar-refractivity contribution < 1.29 is 4.74 Å². The van der Waals surface area contributed by atoms with E-state index in [2.05, 4.69) is 28.1 Å². The lowest BCUT2D eigenvalue weighted by molar-refractivity contribution is 0.483. The fourth-order valence-electron chi connectivity index (χ4n) is 3.32. The molecule has 1 fully saturated rings. The summed E-state index contributed by atoms with van der Waals surface area (Å²) in [6, 6.07) is 20.2. The number of rotatable bonds is 3. The molecular weight excluding hydrogens is 310 g/mol. The van der Waals surface area contributed by atoms with Gasteiger partial charge in [0.15, 0.2) is 0 Å². The summed E-state index contributed by atoms with van der Waals surface area (Å²) in [6.07, 6.45) is 3.69. The standard InChI is InChI=1S/C21H19N3O/c22-15-16-9-12-24(13-10-16)21-8-11-23-20-7-6-18(14-19(20)21)25-17-4-2-1-3-5-17/h1-8,11,14,16H,9-10,12-13H2. The van der Waals surface area contributed by atoms with Gasteiger partial charge in [-0.05, 0) is 49.2 Å². The minimum absolute atomic E-state index is 0.182. The van der Waals surface area contributed by atoms with Gasteiger partial charge >= 0.3 is 0 Å². The molecule has 0 bridgehead atoms. The van der Waals surface area contributed by atoms with Gasteiger partial charge in [0, 0.05) is 36.3 Å². The number of hydrogen-bond acceptors (Lipinski definition) is 4. The first kappa shape index (κ1) is 15.5. The summed E-state index contributed by atoms with van der Waals surface area (Å²) in [5.74, 6) is 1.81. The van der Waals surface area contributed by atoms with E-state index in [-0.39, 0.29) is 5.92 Å². The van der Waals surface area contributed by atoms with E-state index in [4.69, 9.17) is 10.00 Å². The average Bonchev–Trinajstić information content (AvgIpc) is 2.68. The molecule has 2 heterocycles. The average molecular weight is 329 g/mol. The van der Waals surface area contributed by atoms with Crippen LogP contribution >= 0.6 is 0 Å². The number of nitrogens with zero attached hydrogens (tertiary/aromatic N) is 3. The van der Waals surface area contributed by atoms with E-state index in [0.29, 0.717) is 0 Å². The van der Waals surface area contributed by atoms with Gasteiger partial charge in [0.2, 0.25) is 0 Å². The van der Waals surface area contributed by atoms with E-state index >= 15 is 0 Å². The number of nitriles is 1. The maximum absolute atomic E-state index is 9.10. The second-order valence-corrected chi connectivity index (χ2v) is 6.31. The van der Waals surface area contributed by atoms with E-state index in [1.54, 1.807) is 0 Å². The van der Waals surface area contributed by atoms with Crippen LogP contribution in [0.2, 0.25) is 0 Å². The SMILES string of the molecule is N#CC1CCN(c2ccnc3ccc(Oc4ccccc4)cc23)CC1. The summed E-state index contributed by atoms with van der Waals surface area (Å²) in [5, 5.41) is 10.2. The molecule has 0 atom stereocenters. The zero-order valence-corrected chi connectivity index (χ0v) is 13.9. The molecule has 4 heteroatoms. The van der Waals surface area contributed by atoms with Crippen LogP contribution in [0.4, 0.5) is 5.69 Å². The summed E-state index contributed by atoms with van der Waals surface area (Å²) in [6.45, 7) is 1.81. The van der Waals surface area contributed by atoms with Gasteiger partial charge in [-0.1, -0.05) is 18.2 Å². The predicted molar refractivity (Wildman–Crippen MR) is 98.8 cm³/mol. The van der Waals surface area contributed by atoms with Crippen LogP contribution < -0.4 is 9.64 Å². The summed E-state index contributed by atoms with van der Waals surface area (Å²) in [5.41, 5.74) is 2.13. The second-order valence-electron chi connectivity index (χ2n) is 6.31. The zero-order valence-electron chi connectivity index (χ0n) is 13.9. The smallest absolute Gasteiger partial charge is 0.128 e. The molecule has 4 rings (SSSR count). The highest BCUT2D eigenvalue weighted by Crippen LogP contribution is 2.32. The van der Waals surface area contributed by atoms with E-state index in [0.717, 1.165) is 48.3 Å². The molecule has 0 unspecified atom stereocenters. The molecule has 1 aromatic heterocycles. The highest BCUT2D eigenvalue weighted by molar-refractivity contribution is 5.92. The van der Waals surface area contributed by atoms with Gasteiger partial charge < -0.3 is 9.64 Å². The van der Waals surface area contributed by atoms with Crippen LogP contribution in [0.5, 0.6) is 11.5 Å². The molecule has 4 nitrogen and oxygen atoms in total. The second kappa shape index (κ2) is 6.82. The molecule has 0 saturated carbocycles. The number of aromatic nitrogens is 1. The number of anilines is 1. The van der Waals surface area contributed by atoms with E-state index in [1.807, 2.05) is 48.7 Å². The monoisotopic (exact) mass is 329 g/mol. The maximum Gasteiger partial charge on any atom is 0.128 e. The third-order valence-electron chi connectivity index (χ3n) is 4.69. The van der Waals surface area contributed by atoms with Crippen molar-refractivity contribution in [3.63, 3.8) is 0 Å². The fourth-order valence-corrected chi connectivity index (χ4v) is 3.32. The lowest BCUT2D eigenvalue weighted by Gasteiger charge is -2.31. The first-order chi connectivity index (χ1) is 12.3. The molecular formula is C21H19N3O. The van der Waals surface area contributed by atoms with Gasteiger partial charge in [0.25, 0.3) is 0 Å². The molecule has 1 aliphatic rings. The Morgan fingerprint density at radius 3 is 2.56 bits per heavy atom. The van der Waals surface area contributed by atoms with Crippen molar-refractivity contribution in [2.75, 3.05) is 18.0 Å². The van der Waals surface area contributed by atoms with Gasteiger partial charge in [-0.3, -0.25) is 4.98 Å². The number of hydrogen-bond donors (Lipinski definition) is 0. The molecule has 1 aliphatic heterocycles. The normalized spacial score (nSPS) is 15.1. The van der Waals surface area contributed by atoms with Gasteiger partial charge in [0.05, 0.1) is 11.6 Å². The number of benzene rings is 2. The Kier molecular flexibility index (Phi) is 4.22. The molecule has 0 radical (unpaired) electrons. The molecule has 0 aliphatic carbocycles. The van der Waals surface area contributed by atoms with Crippen LogP contribution in [-0.4, -0.2) is 18.1 Å². The largest absolute Gasteiger partial charge is 0.457 e. The summed E-state index contributed by atoms with van der Waals surface area (Å²) >= 11 is 0. The number of ether oxygens (including phenoxy) is 1. The van der Waals surface area contributed by atoms with Gasteiger partial charge in [-0.2, -0.15) is 5.26 Å². The number of fused-ring (bicyclic) bond motifs is 1. The highest BCUT2D eigenvalue weighted by Gasteiger charge is 2.20. The van der Waals surface area contributed by atoms with E-state index in [1.165, 1.54) is 5.69 Å². The molecule has 3 aromatic rings. The van der Waals surface area contributed by atoms with Crippen LogP contribution in [0.25, 0.3) is 10.9 Å². The minimum atomic E-state index is 0.182. The van der Waals surface area contributed by atoms with Crippen LogP contribution in [0.15, 0.2) is 60.8 Å². The van der Waals surface area contributed by atoms with Crippen molar-refractivity contribution in [1.29, 1.82) is 5.26 Å². The van der Waals surface area contributed by atoms with Crippen molar-refractivity contribution in [1.82, 2.24) is 4.98 Å². The Morgan fingerprint density at radius 1 is 1.00 bits per heavy atom. The molecule has 25 heavy (non-hydrogen) atoms. The van der Waals surface area contributed by atoms with Crippen molar-refractivity contribution in [3.05, 3.63) is 60.8 Å². The van der Waals surface area contributed by atoms with Crippen LogP contribution in [0, 0.1) is 17.2 Å². The summed E-state index contributed by atoms with van der Waals surface area (Å²) < 4.78 is 5.97. The van der Waals surface area contributed by atoms with Gasteiger partial charge in [-0.15, -0.1) is 0 Å². The third-order valence-corrected chi connectivity index (χ3v) is 4.69. The Morgan fingerprint density at radius 2 is 1.80 bits per heavy atom. The van der Waals surface area contributed by atoms with Crippen LogP contribution in [-0.2, 0) is 0 Å². The van der Waals surface area contributed by atoms with Crippen molar-refractivity contribution in [2.45, 2.75) is 12.8 Å². The van der Waals surface area contributed by atoms with Gasteiger partial charge in [0.1, 0.15) is 11.5 Å². The van der Waals surface area contributed by atoms with Crippen molar-refractivity contribution in [2.24, 2.45) is 5.92 Å². The first-order valence-corrected chi connectivity index (χ1v) is 8.60. The summed E-state index contributed by atoms with van der Waals surface area (Å²) in [7, 11) is 0. The maximum atomic E-state index is 9.10.